The Balaban J connectivity index is 1.70. The van der Waals surface area contributed by atoms with Gasteiger partial charge in [-0.2, -0.15) is 0 Å². The zero-order valence-electron chi connectivity index (χ0n) is 12.3. The molecule has 0 unspecified atom stereocenters. The summed E-state index contributed by atoms with van der Waals surface area (Å²) in [7, 11) is 0. The third-order valence-electron chi connectivity index (χ3n) is 3.13. The molecule has 1 amide bonds. The van der Waals surface area contributed by atoms with Crippen LogP contribution in [0.25, 0.3) is 0 Å². The van der Waals surface area contributed by atoms with Gasteiger partial charge in [0.1, 0.15) is 0 Å². The number of hydrogen-bond acceptors (Lipinski definition) is 5. The van der Waals surface area contributed by atoms with E-state index < -0.39 is 5.91 Å². The predicted molar refractivity (Wildman–Crippen MR) is 77.1 cm³/mol. The third-order valence-corrected chi connectivity index (χ3v) is 3.13. The molecule has 1 aliphatic rings. The Kier molecular flexibility index (Phi) is 5.16. The Labute approximate surface area is 123 Å². The predicted octanol–water partition coefficient (Wildman–Crippen LogP) is 0.846. The molecule has 0 atom stereocenters. The maximum Gasteiger partial charge on any atom is 0.287 e. The van der Waals surface area contributed by atoms with Crippen LogP contribution in [0, 0.1) is 5.92 Å². The van der Waals surface area contributed by atoms with E-state index in [0.29, 0.717) is 19.6 Å². The number of carbonyl (C=O) groups is 2. The van der Waals surface area contributed by atoms with Crippen LogP contribution in [-0.4, -0.2) is 31.6 Å². The molecule has 114 valence electrons. The molecule has 1 aromatic rings. The Morgan fingerprint density at radius 2 is 2.05 bits per heavy atom. The Hall–Kier alpha value is -2.08. The molecule has 1 aliphatic heterocycles. The van der Waals surface area contributed by atoms with Crippen LogP contribution < -0.4 is 20.1 Å². The average molecular weight is 292 g/mol. The molecule has 0 spiro atoms. The van der Waals surface area contributed by atoms with E-state index in [2.05, 4.69) is 10.6 Å². The van der Waals surface area contributed by atoms with Gasteiger partial charge < -0.3 is 20.1 Å². The zero-order valence-corrected chi connectivity index (χ0v) is 12.3. The molecule has 0 radical (unpaired) electrons. The highest BCUT2D eigenvalue weighted by Crippen LogP contribution is 2.35. The van der Waals surface area contributed by atoms with Gasteiger partial charge >= 0.3 is 0 Å². The second-order valence-electron chi connectivity index (χ2n) is 5.10. The lowest BCUT2D eigenvalue weighted by Crippen LogP contribution is -2.37. The van der Waals surface area contributed by atoms with E-state index in [-0.39, 0.29) is 18.5 Å². The Morgan fingerprint density at radius 1 is 1.24 bits per heavy atom. The summed E-state index contributed by atoms with van der Waals surface area (Å²) in [6.45, 7) is 5.25. The van der Waals surface area contributed by atoms with Crippen molar-refractivity contribution in [2.75, 3.05) is 19.9 Å². The topological polar surface area (TPSA) is 76.7 Å². The molecule has 0 aromatic heterocycles. The lowest BCUT2D eigenvalue weighted by atomic mass is 10.1. The molecular weight excluding hydrogens is 272 g/mol. The van der Waals surface area contributed by atoms with Crippen molar-refractivity contribution in [3.8, 4) is 11.5 Å². The van der Waals surface area contributed by atoms with Crippen LogP contribution in [0.1, 0.15) is 19.4 Å². The van der Waals surface area contributed by atoms with Gasteiger partial charge in [-0.3, -0.25) is 9.59 Å². The van der Waals surface area contributed by atoms with Crippen molar-refractivity contribution in [3.05, 3.63) is 23.8 Å². The van der Waals surface area contributed by atoms with Gasteiger partial charge in [0.25, 0.3) is 5.91 Å². The minimum Gasteiger partial charge on any atom is -0.454 e. The second kappa shape index (κ2) is 7.08. The van der Waals surface area contributed by atoms with Gasteiger partial charge in [0.05, 0.1) is 0 Å². The fourth-order valence-corrected chi connectivity index (χ4v) is 1.97. The second-order valence-corrected chi connectivity index (χ2v) is 5.10. The quantitative estimate of drug-likeness (QED) is 0.575. The van der Waals surface area contributed by atoms with E-state index in [4.69, 9.17) is 9.47 Å². The normalized spacial score (nSPS) is 12.5. The smallest absolute Gasteiger partial charge is 0.287 e. The first-order chi connectivity index (χ1) is 10.1. The summed E-state index contributed by atoms with van der Waals surface area (Å²) in [5.41, 5.74) is 1.01. The molecule has 21 heavy (non-hydrogen) atoms. The fraction of sp³-hybridized carbons (Fsp3) is 0.467. The lowest BCUT2D eigenvalue weighted by molar-refractivity contribution is -0.139. The van der Waals surface area contributed by atoms with Crippen molar-refractivity contribution in [1.29, 1.82) is 0 Å². The lowest BCUT2D eigenvalue weighted by Gasteiger charge is -2.09. The SMILES string of the molecule is CC(C)C(=O)C(=O)NCCNCc1cccc2c1OCO2. The van der Waals surface area contributed by atoms with Crippen molar-refractivity contribution in [2.24, 2.45) is 5.92 Å². The number of rotatable bonds is 7. The molecule has 0 aliphatic carbocycles. The largest absolute Gasteiger partial charge is 0.454 e. The summed E-state index contributed by atoms with van der Waals surface area (Å²) >= 11 is 0. The zero-order chi connectivity index (χ0) is 15.2. The summed E-state index contributed by atoms with van der Waals surface area (Å²) in [6.07, 6.45) is 0. The van der Waals surface area contributed by atoms with E-state index >= 15 is 0 Å². The first-order valence-electron chi connectivity index (χ1n) is 7.00. The van der Waals surface area contributed by atoms with Gasteiger partial charge in [0.15, 0.2) is 11.5 Å². The molecular formula is C15H20N2O4. The average Bonchev–Trinajstić information content (AvgIpc) is 2.94. The van der Waals surface area contributed by atoms with E-state index in [1.807, 2.05) is 18.2 Å². The van der Waals surface area contributed by atoms with Gasteiger partial charge in [-0.25, -0.2) is 0 Å². The van der Waals surface area contributed by atoms with Crippen LogP contribution in [-0.2, 0) is 16.1 Å². The van der Waals surface area contributed by atoms with E-state index in [1.54, 1.807) is 13.8 Å². The number of nitrogens with one attached hydrogen (secondary N) is 2. The van der Waals surface area contributed by atoms with Crippen LogP contribution in [0.3, 0.4) is 0 Å². The van der Waals surface area contributed by atoms with Gasteiger partial charge in [-0.05, 0) is 6.07 Å². The minimum absolute atomic E-state index is 0.250. The standard InChI is InChI=1S/C15H20N2O4/c1-10(2)13(18)15(19)17-7-6-16-8-11-4-3-5-12-14(11)21-9-20-12/h3-5,10,16H,6-9H2,1-2H3,(H,17,19). The van der Waals surface area contributed by atoms with Gasteiger partial charge in [-0.1, -0.05) is 26.0 Å². The van der Waals surface area contributed by atoms with Crippen molar-refractivity contribution in [1.82, 2.24) is 10.6 Å². The highest BCUT2D eigenvalue weighted by molar-refractivity contribution is 6.36. The van der Waals surface area contributed by atoms with Gasteiger partial charge in [0.2, 0.25) is 12.6 Å². The number of para-hydroxylation sites is 1. The molecule has 2 N–H and O–H groups in total. The number of fused-ring (bicyclic) bond motifs is 1. The third kappa shape index (κ3) is 3.95. The monoisotopic (exact) mass is 292 g/mol. The number of amides is 1. The highest BCUT2D eigenvalue weighted by Gasteiger charge is 2.17. The fourth-order valence-electron chi connectivity index (χ4n) is 1.97. The van der Waals surface area contributed by atoms with E-state index in [9.17, 15) is 9.59 Å². The van der Waals surface area contributed by atoms with Crippen LogP contribution in [0.4, 0.5) is 0 Å². The van der Waals surface area contributed by atoms with Gasteiger partial charge in [-0.15, -0.1) is 0 Å². The first-order valence-corrected chi connectivity index (χ1v) is 7.00. The number of benzene rings is 1. The minimum atomic E-state index is -0.524. The van der Waals surface area contributed by atoms with Crippen LogP contribution >= 0.6 is 0 Å². The van der Waals surface area contributed by atoms with Gasteiger partial charge in [0, 0.05) is 31.1 Å². The molecule has 1 aromatic carbocycles. The molecule has 6 nitrogen and oxygen atoms in total. The Bertz CT molecular complexity index is 528. The number of hydrogen-bond donors (Lipinski definition) is 2. The summed E-state index contributed by atoms with van der Waals surface area (Å²) in [5, 5.41) is 5.79. The number of ketones is 1. The maximum atomic E-state index is 11.4. The van der Waals surface area contributed by atoms with Crippen LogP contribution in [0.2, 0.25) is 0 Å². The Morgan fingerprint density at radius 3 is 2.81 bits per heavy atom. The number of carbonyl (C=O) groups excluding carboxylic acids is 2. The van der Waals surface area contributed by atoms with Crippen LogP contribution in [0.15, 0.2) is 18.2 Å². The summed E-state index contributed by atoms with van der Waals surface area (Å²) in [6, 6.07) is 5.73. The summed E-state index contributed by atoms with van der Waals surface area (Å²) < 4.78 is 10.7. The van der Waals surface area contributed by atoms with E-state index in [0.717, 1.165) is 17.1 Å². The van der Waals surface area contributed by atoms with E-state index in [1.165, 1.54) is 0 Å². The van der Waals surface area contributed by atoms with Crippen LogP contribution in [0.5, 0.6) is 11.5 Å². The molecule has 0 bridgehead atoms. The molecule has 0 saturated carbocycles. The van der Waals surface area contributed by atoms with Crippen molar-refractivity contribution in [3.63, 3.8) is 0 Å². The summed E-state index contributed by atoms with van der Waals surface area (Å²) in [4.78, 5) is 22.8. The molecule has 2 rings (SSSR count). The maximum absolute atomic E-state index is 11.4. The van der Waals surface area contributed by atoms with Crippen molar-refractivity contribution >= 4 is 11.7 Å². The molecule has 0 fully saturated rings. The number of ether oxygens (including phenoxy) is 2. The molecule has 0 saturated heterocycles. The first kappa shape index (κ1) is 15.3. The number of Topliss-reactive ketones (excluding diaryl/α,β-unsaturated/α-hetero) is 1. The summed E-state index contributed by atoms with van der Waals surface area (Å²) in [5.74, 6) is 0.335. The molecule has 6 heteroatoms. The van der Waals surface area contributed by atoms with Crippen molar-refractivity contribution < 1.29 is 19.1 Å². The highest BCUT2D eigenvalue weighted by atomic mass is 16.7. The molecule has 1 heterocycles. The van der Waals surface area contributed by atoms with Crippen molar-refractivity contribution in [2.45, 2.75) is 20.4 Å².